The zero-order valence-electron chi connectivity index (χ0n) is 8.12. The van der Waals surface area contributed by atoms with Gasteiger partial charge in [0.25, 0.3) is 0 Å². The lowest BCUT2D eigenvalue weighted by Gasteiger charge is -2.19. The van der Waals surface area contributed by atoms with Crippen LogP contribution in [0.25, 0.3) is 0 Å². The highest BCUT2D eigenvalue weighted by Crippen LogP contribution is 2.10. The normalized spacial score (nSPS) is 15.6. The molecule has 12 heavy (non-hydrogen) atoms. The van der Waals surface area contributed by atoms with Crippen LogP contribution >= 0.6 is 0 Å². The Labute approximate surface area is 75.2 Å². The smallest absolute Gasteiger partial charge is 0.0827 e. The number of aliphatic hydroxyl groups excluding tert-OH is 1. The second-order valence-corrected chi connectivity index (χ2v) is 2.97. The third-order valence-corrected chi connectivity index (χ3v) is 2.04. The van der Waals surface area contributed by atoms with Gasteiger partial charge in [0.2, 0.25) is 0 Å². The van der Waals surface area contributed by atoms with Crippen LogP contribution in [-0.4, -0.2) is 24.4 Å². The van der Waals surface area contributed by atoms with E-state index in [1.54, 1.807) is 7.11 Å². The van der Waals surface area contributed by atoms with Crippen molar-refractivity contribution >= 4 is 0 Å². The Bertz CT molecular complexity index is 108. The van der Waals surface area contributed by atoms with Crippen molar-refractivity contribution in [3.63, 3.8) is 0 Å². The summed E-state index contributed by atoms with van der Waals surface area (Å²) < 4.78 is 5.12. The number of allylic oxidation sites excluding steroid dienone is 1. The molecule has 0 aromatic rings. The van der Waals surface area contributed by atoms with Gasteiger partial charge in [0.1, 0.15) is 0 Å². The predicted molar refractivity (Wildman–Crippen MR) is 51.1 cm³/mol. The van der Waals surface area contributed by atoms with Gasteiger partial charge in [-0.3, -0.25) is 0 Å². The molecule has 0 saturated heterocycles. The first-order valence-corrected chi connectivity index (χ1v) is 4.58. The van der Waals surface area contributed by atoms with Crippen molar-refractivity contribution in [3.05, 3.63) is 12.7 Å². The van der Waals surface area contributed by atoms with E-state index in [-0.39, 0.29) is 12.2 Å². The van der Waals surface area contributed by atoms with Gasteiger partial charge < -0.3 is 9.84 Å². The van der Waals surface area contributed by atoms with Crippen molar-refractivity contribution in [1.29, 1.82) is 0 Å². The van der Waals surface area contributed by atoms with Gasteiger partial charge in [-0.15, -0.1) is 6.58 Å². The third-order valence-electron chi connectivity index (χ3n) is 2.04. The van der Waals surface area contributed by atoms with Gasteiger partial charge in [-0.25, -0.2) is 0 Å². The fourth-order valence-corrected chi connectivity index (χ4v) is 1.25. The van der Waals surface area contributed by atoms with Gasteiger partial charge in [-0.2, -0.15) is 0 Å². The van der Waals surface area contributed by atoms with E-state index in [4.69, 9.17) is 4.74 Å². The van der Waals surface area contributed by atoms with Gasteiger partial charge in [0.05, 0.1) is 12.2 Å². The second kappa shape index (κ2) is 7.32. The number of hydrogen-bond donors (Lipinski definition) is 1. The summed E-state index contributed by atoms with van der Waals surface area (Å²) in [6, 6.07) is 0. The Kier molecular flexibility index (Phi) is 7.11. The summed E-state index contributed by atoms with van der Waals surface area (Å²) in [6.45, 7) is 5.65. The minimum absolute atomic E-state index is 0.00480. The van der Waals surface area contributed by atoms with Crippen LogP contribution in [0.1, 0.15) is 32.6 Å². The first-order chi connectivity index (χ1) is 5.76. The average Bonchev–Trinajstić information content (AvgIpc) is 2.07. The molecule has 0 aliphatic heterocycles. The minimum Gasteiger partial charge on any atom is -0.390 e. The van der Waals surface area contributed by atoms with E-state index in [9.17, 15) is 5.11 Å². The molecule has 0 spiro atoms. The van der Waals surface area contributed by atoms with E-state index in [0.717, 1.165) is 25.7 Å². The molecular weight excluding hydrogens is 152 g/mol. The first kappa shape index (κ1) is 11.7. The molecule has 1 N–H and O–H groups in total. The van der Waals surface area contributed by atoms with E-state index in [1.807, 2.05) is 13.0 Å². The number of unbranched alkanes of at least 4 members (excludes halogenated alkanes) is 1. The average molecular weight is 172 g/mol. The molecule has 0 aliphatic rings. The SMILES string of the molecule is C=CCCCC(O)C(CC)OC. The van der Waals surface area contributed by atoms with E-state index in [0.29, 0.717) is 0 Å². The number of hydrogen-bond acceptors (Lipinski definition) is 2. The van der Waals surface area contributed by atoms with Crippen molar-refractivity contribution in [2.75, 3.05) is 7.11 Å². The Morgan fingerprint density at radius 1 is 1.58 bits per heavy atom. The van der Waals surface area contributed by atoms with Crippen LogP contribution in [0.5, 0.6) is 0 Å². The molecule has 0 aromatic carbocycles. The number of rotatable bonds is 7. The fraction of sp³-hybridized carbons (Fsp3) is 0.800. The maximum atomic E-state index is 9.58. The van der Waals surface area contributed by atoms with Gasteiger partial charge in [0.15, 0.2) is 0 Å². The van der Waals surface area contributed by atoms with Crippen molar-refractivity contribution in [2.45, 2.75) is 44.8 Å². The number of ether oxygens (including phenoxy) is 1. The summed E-state index contributed by atoms with van der Waals surface area (Å²) in [7, 11) is 1.64. The molecule has 2 unspecified atom stereocenters. The molecule has 72 valence electrons. The zero-order chi connectivity index (χ0) is 9.40. The number of methoxy groups -OCH3 is 1. The molecule has 0 fully saturated rings. The summed E-state index contributed by atoms with van der Waals surface area (Å²) in [5.41, 5.74) is 0. The van der Waals surface area contributed by atoms with Gasteiger partial charge >= 0.3 is 0 Å². The summed E-state index contributed by atoms with van der Waals surface area (Å²) >= 11 is 0. The van der Waals surface area contributed by atoms with E-state index in [1.165, 1.54) is 0 Å². The molecule has 2 atom stereocenters. The van der Waals surface area contributed by atoms with Gasteiger partial charge in [0, 0.05) is 7.11 Å². The minimum atomic E-state index is -0.319. The predicted octanol–water partition coefficient (Wildman–Crippen LogP) is 2.13. The standard InChI is InChI=1S/C10H20O2/c1-4-6-7-8-9(11)10(5-2)12-3/h4,9-11H,1,5-8H2,2-3H3. The lowest BCUT2D eigenvalue weighted by atomic mass is 10.1. The molecular formula is C10H20O2. The van der Waals surface area contributed by atoms with Gasteiger partial charge in [-0.1, -0.05) is 13.0 Å². The monoisotopic (exact) mass is 172 g/mol. The summed E-state index contributed by atoms with van der Waals surface area (Å²) in [6.07, 6.45) is 5.18. The third kappa shape index (κ3) is 4.52. The lowest BCUT2D eigenvalue weighted by molar-refractivity contribution is -0.0178. The Morgan fingerprint density at radius 2 is 2.25 bits per heavy atom. The van der Waals surface area contributed by atoms with Crippen LogP contribution in [0.3, 0.4) is 0 Å². The highest BCUT2D eigenvalue weighted by atomic mass is 16.5. The fourth-order valence-electron chi connectivity index (χ4n) is 1.25. The zero-order valence-corrected chi connectivity index (χ0v) is 8.12. The Balaban J connectivity index is 3.53. The van der Waals surface area contributed by atoms with E-state index < -0.39 is 0 Å². The topological polar surface area (TPSA) is 29.5 Å². The van der Waals surface area contributed by atoms with Crippen molar-refractivity contribution < 1.29 is 9.84 Å². The molecule has 0 amide bonds. The van der Waals surface area contributed by atoms with Crippen LogP contribution in [-0.2, 0) is 4.74 Å². The summed E-state index contributed by atoms with van der Waals surface area (Å²) in [5.74, 6) is 0. The molecule has 0 rings (SSSR count). The molecule has 2 heteroatoms. The van der Waals surface area contributed by atoms with Crippen LogP contribution in [0.15, 0.2) is 12.7 Å². The molecule has 0 saturated carbocycles. The first-order valence-electron chi connectivity index (χ1n) is 4.58. The molecule has 0 heterocycles. The summed E-state index contributed by atoms with van der Waals surface area (Å²) in [5, 5.41) is 9.58. The van der Waals surface area contributed by atoms with Crippen molar-refractivity contribution in [3.8, 4) is 0 Å². The van der Waals surface area contributed by atoms with Crippen molar-refractivity contribution in [1.82, 2.24) is 0 Å². The Morgan fingerprint density at radius 3 is 2.67 bits per heavy atom. The molecule has 0 aliphatic carbocycles. The van der Waals surface area contributed by atoms with Gasteiger partial charge in [-0.05, 0) is 25.7 Å². The van der Waals surface area contributed by atoms with Crippen LogP contribution < -0.4 is 0 Å². The van der Waals surface area contributed by atoms with E-state index in [2.05, 4.69) is 6.58 Å². The maximum absolute atomic E-state index is 9.58. The largest absolute Gasteiger partial charge is 0.390 e. The second-order valence-electron chi connectivity index (χ2n) is 2.97. The molecule has 0 aromatic heterocycles. The molecule has 0 bridgehead atoms. The molecule has 2 nitrogen and oxygen atoms in total. The number of aliphatic hydroxyl groups is 1. The summed E-state index contributed by atoms with van der Waals surface area (Å²) in [4.78, 5) is 0. The quantitative estimate of drug-likeness (QED) is 0.471. The highest BCUT2D eigenvalue weighted by molar-refractivity contribution is 4.71. The van der Waals surface area contributed by atoms with Crippen LogP contribution in [0.2, 0.25) is 0 Å². The van der Waals surface area contributed by atoms with Crippen molar-refractivity contribution in [2.24, 2.45) is 0 Å². The molecule has 0 radical (unpaired) electrons. The van der Waals surface area contributed by atoms with Crippen LogP contribution in [0, 0.1) is 0 Å². The Hall–Kier alpha value is -0.340. The van der Waals surface area contributed by atoms with Crippen LogP contribution in [0.4, 0.5) is 0 Å². The van der Waals surface area contributed by atoms with E-state index >= 15 is 0 Å². The lowest BCUT2D eigenvalue weighted by Crippen LogP contribution is -2.27. The highest BCUT2D eigenvalue weighted by Gasteiger charge is 2.15. The maximum Gasteiger partial charge on any atom is 0.0827 e.